The number of rotatable bonds is 4. The molecule has 0 aromatic heterocycles. The Labute approximate surface area is 290 Å². The van der Waals surface area contributed by atoms with E-state index < -0.39 is 41.5 Å². The molecule has 158 valence electrons. The number of nitrogens with zero attached hydrogens (tertiary/aromatic N) is 2. The van der Waals surface area contributed by atoms with Gasteiger partial charge in [-0.15, -0.1) is 64.7 Å². The molecule has 9 nitrogen and oxygen atoms in total. The zero-order valence-corrected chi connectivity index (χ0v) is 28.9. The van der Waals surface area contributed by atoms with E-state index in [9.17, 15) is 31.0 Å². The first-order chi connectivity index (χ1) is 14.6. The normalized spacial score (nSPS) is 11.3. The Morgan fingerprint density at radius 2 is 1.49 bits per heavy atom. The van der Waals surface area contributed by atoms with Gasteiger partial charge in [-0.25, -0.2) is 16.8 Å². The number of azo groups is 1. The Morgan fingerprint density at radius 1 is 0.829 bits per heavy atom. The van der Waals surface area contributed by atoms with Crippen LogP contribution in [0.25, 0.3) is 21.5 Å². The molecule has 4 rings (SSSR count). The monoisotopic (exact) mass is 546 g/mol. The molecular weight excluding hydrogens is 536 g/mol. The molecule has 1 N–H and O–H groups in total. The second kappa shape index (κ2) is 14.1. The molecule has 0 unspecified atom stereocenters. The van der Waals surface area contributed by atoms with Crippen LogP contribution >= 0.6 is 0 Å². The van der Waals surface area contributed by atoms with E-state index in [0.29, 0.717) is 11.1 Å². The number of phenols is 1. The van der Waals surface area contributed by atoms with Crippen LogP contribution in [-0.2, 0) is 20.2 Å². The molecule has 0 fully saturated rings. The predicted molar refractivity (Wildman–Crippen MR) is 107 cm³/mol. The standard InChI is InChI=1S/C20H12N2O7S2.4Na/c23-20-18(31(27,28)29)11-13-10-14(30(24,25)26)8-9-16(13)19(20)22-21-17-7-3-5-12-4-1-2-6-15(12)17;;;;/h1-4,6-8,10-11,23H,(H,24,25,26)(H,27,28,29);;;;/q-2;4*+1/p-2. The van der Waals surface area contributed by atoms with Gasteiger partial charge in [0.25, 0.3) is 0 Å². The molecule has 35 heavy (non-hydrogen) atoms. The maximum absolute atomic E-state index is 11.6. The quantitative estimate of drug-likeness (QED) is 0.115. The molecule has 0 saturated carbocycles. The van der Waals surface area contributed by atoms with E-state index >= 15 is 0 Å². The summed E-state index contributed by atoms with van der Waals surface area (Å²) in [5, 5.41) is 19.6. The zero-order chi connectivity index (χ0) is 22.4. The van der Waals surface area contributed by atoms with Crippen molar-refractivity contribution in [1.82, 2.24) is 0 Å². The first-order valence-electron chi connectivity index (χ1n) is 8.50. The molecule has 0 atom stereocenters. The third-order valence-electron chi connectivity index (χ3n) is 4.43. The fraction of sp³-hybridized carbons (Fsp3) is 0. The molecule has 0 amide bonds. The van der Waals surface area contributed by atoms with E-state index in [-0.39, 0.29) is 129 Å². The fourth-order valence-corrected chi connectivity index (χ4v) is 4.09. The zero-order valence-electron chi connectivity index (χ0n) is 19.3. The number of aromatic hydroxyl groups is 1. The second-order valence-electron chi connectivity index (χ2n) is 6.39. The molecule has 0 aliphatic heterocycles. The van der Waals surface area contributed by atoms with Crippen molar-refractivity contribution >= 4 is 53.2 Å². The topological polar surface area (TPSA) is 159 Å². The smallest absolute Gasteiger partial charge is 0.752 e. The van der Waals surface area contributed by atoms with Crippen molar-refractivity contribution in [3.05, 3.63) is 66.7 Å². The van der Waals surface area contributed by atoms with E-state index in [2.05, 4.69) is 22.4 Å². The van der Waals surface area contributed by atoms with Crippen LogP contribution in [0.5, 0.6) is 5.75 Å². The van der Waals surface area contributed by atoms with Gasteiger partial charge < -0.3 is 14.2 Å². The van der Waals surface area contributed by atoms with E-state index in [1.165, 1.54) is 0 Å². The summed E-state index contributed by atoms with van der Waals surface area (Å²) in [5.41, 5.74) is -0.0466. The number of fused-ring (bicyclic) bond motifs is 2. The fourth-order valence-electron chi connectivity index (χ4n) is 3.01. The van der Waals surface area contributed by atoms with E-state index in [4.69, 9.17) is 0 Å². The average molecular weight is 546 g/mol. The Morgan fingerprint density at radius 3 is 2.11 bits per heavy atom. The molecule has 0 spiro atoms. The van der Waals surface area contributed by atoms with Crippen molar-refractivity contribution in [2.24, 2.45) is 10.2 Å². The van der Waals surface area contributed by atoms with Gasteiger partial charge in [0.1, 0.15) is 15.9 Å². The minimum Gasteiger partial charge on any atom is -0.752 e. The van der Waals surface area contributed by atoms with Crippen molar-refractivity contribution in [3.8, 4) is 5.75 Å². The Balaban J connectivity index is 0.00000289. The third-order valence-corrected chi connectivity index (χ3v) is 6.09. The van der Waals surface area contributed by atoms with Gasteiger partial charge in [0.15, 0.2) is 0 Å². The summed E-state index contributed by atoms with van der Waals surface area (Å²) in [7, 11) is -10.0. The minimum absolute atomic E-state index is 0. The van der Waals surface area contributed by atoms with Gasteiger partial charge in [-0.2, -0.15) is 10.2 Å². The molecule has 4 aromatic carbocycles. The third kappa shape index (κ3) is 8.06. The number of benzene rings is 4. The SMILES string of the molecule is O=S(=O)([O-])c1c[c-]c2c(N=Nc3cc[c-]c4ccccc34)c(O)c(S(=O)(=O)[O-])cc2c1.[Na+].[Na+].[Na+].[Na+]. The van der Waals surface area contributed by atoms with Gasteiger partial charge in [0, 0.05) is 5.69 Å². The van der Waals surface area contributed by atoms with Crippen molar-refractivity contribution < 1.29 is 149 Å². The van der Waals surface area contributed by atoms with E-state index in [1.54, 1.807) is 36.4 Å². The first kappa shape index (κ1) is 35.6. The molecule has 4 aromatic rings. The van der Waals surface area contributed by atoms with Gasteiger partial charge in [-0.1, -0.05) is 23.6 Å². The van der Waals surface area contributed by atoms with Crippen LogP contribution in [0.1, 0.15) is 0 Å². The number of hydrogen-bond donors (Lipinski definition) is 1. The van der Waals surface area contributed by atoms with E-state index in [0.717, 1.165) is 23.6 Å². The average Bonchev–Trinajstić information content (AvgIpc) is 2.71. The van der Waals surface area contributed by atoms with E-state index in [1.807, 2.05) is 0 Å². The molecule has 15 heteroatoms. The molecular formula is C20H10N2Na4O7S2. The Bertz CT molecular complexity index is 1610. The summed E-state index contributed by atoms with van der Waals surface area (Å²) in [6.07, 6.45) is 0. The van der Waals surface area contributed by atoms with Crippen LogP contribution in [0.15, 0.2) is 74.6 Å². The van der Waals surface area contributed by atoms with Gasteiger partial charge >= 0.3 is 118 Å². The number of phenolic OH excluding ortho intramolecular Hbond substituents is 1. The van der Waals surface area contributed by atoms with Crippen molar-refractivity contribution in [2.45, 2.75) is 9.79 Å². The Kier molecular flexibility index (Phi) is 14.4. The van der Waals surface area contributed by atoms with Crippen LogP contribution in [0.3, 0.4) is 0 Å². The summed E-state index contributed by atoms with van der Waals surface area (Å²) in [6, 6.07) is 18.3. The maximum Gasteiger partial charge on any atom is 1.00 e. The van der Waals surface area contributed by atoms with Crippen LogP contribution in [0.4, 0.5) is 11.4 Å². The molecule has 0 radical (unpaired) electrons. The predicted octanol–water partition coefficient (Wildman–Crippen LogP) is -8.46. The van der Waals surface area contributed by atoms with Crippen molar-refractivity contribution in [1.29, 1.82) is 0 Å². The minimum atomic E-state index is -5.16. The van der Waals surface area contributed by atoms with Crippen LogP contribution < -0.4 is 118 Å². The van der Waals surface area contributed by atoms with Crippen LogP contribution in [0.2, 0.25) is 0 Å². The second-order valence-corrected chi connectivity index (χ2v) is 9.12. The van der Waals surface area contributed by atoms with Crippen molar-refractivity contribution in [3.63, 3.8) is 0 Å². The van der Waals surface area contributed by atoms with Gasteiger partial charge in [-0.3, -0.25) is 0 Å². The summed E-state index contributed by atoms with van der Waals surface area (Å²) in [5.74, 6) is -0.966. The van der Waals surface area contributed by atoms with Crippen LogP contribution in [-0.4, -0.2) is 31.0 Å². The number of hydrogen-bond acceptors (Lipinski definition) is 9. The summed E-state index contributed by atoms with van der Waals surface area (Å²) in [6.45, 7) is 0. The van der Waals surface area contributed by atoms with Crippen LogP contribution in [0, 0.1) is 12.1 Å². The Hall–Kier alpha value is 0.620. The molecule has 0 aliphatic rings. The summed E-state index contributed by atoms with van der Waals surface area (Å²) >= 11 is 0. The maximum atomic E-state index is 11.6. The molecule has 0 bridgehead atoms. The summed E-state index contributed by atoms with van der Waals surface area (Å²) in [4.78, 5) is -1.72. The largest absolute Gasteiger partial charge is 1.00 e. The van der Waals surface area contributed by atoms with Crippen molar-refractivity contribution in [2.75, 3.05) is 0 Å². The molecule has 0 saturated heterocycles. The van der Waals surface area contributed by atoms with Gasteiger partial charge in [-0.05, 0) is 4.90 Å². The van der Waals surface area contributed by atoms with Gasteiger partial charge in [0.2, 0.25) is 0 Å². The first-order valence-corrected chi connectivity index (χ1v) is 11.3. The molecule has 0 heterocycles. The van der Waals surface area contributed by atoms with Gasteiger partial charge in [0.05, 0.1) is 20.7 Å². The molecule has 0 aliphatic carbocycles. The summed E-state index contributed by atoms with van der Waals surface area (Å²) < 4.78 is 68.7.